The van der Waals surface area contributed by atoms with E-state index in [1.165, 1.54) is 5.57 Å². The maximum atomic E-state index is 11.5. The van der Waals surface area contributed by atoms with E-state index in [1.54, 1.807) is 0 Å². The van der Waals surface area contributed by atoms with Crippen molar-refractivity contribution >= 4 is 0 Å². The minimum Gasteiger partial charge on any atom is -0.365 e. The topological polar surface area (TPSA) is 77.4 Å². The van der Waals surface area contributed by atoms with Gasteiger partial charge in [0.25, 0.3) is 0 Å². The maximum absolute atomic E-state index is 11.5. The SMILES string of the molecule is C[C@]12CCC3(CC1=CC[C@@H]1[C@@H]2C(O)(O)C[C@@]2(C)[C@H]1CCC21OCCO1)OCCO3. The summed E-state index contributed by atoms with van der Waals surface area (Å²) < 4.78 is 24.3. The van der Waals surface area contributed by atoms with Gasteiger partial charge in [-0.3, -0.25) is 0 Å². The molecule has 162 valence electrons. The van der Waals surface area contributed by atoms with E-state index in [9.17, 15) is 10.2 Å². The molecule has 5 fully saturated rings. The number of hydrogen-bond donors (Lipinski definition) is 2. The molecule has 2 N–H and O–H groups in total. The van der Waals surface area contributed by atoms with Crippen molar-refractivity contribution in [1.82, 2.24) is 0 Å². The van der Waals surface area contributed by atoms with Gasteiger partial charge in [-0.05, 0) is 36.5 Å². The fraction of sp³-hybridized carbons (Fsp3) is 0.913. The minimum absolute atomic E-state index is 0.177. The van der Waals surface area contributed by atoms with Crippen molar-refractivity contribution in [2.45, 2.75) is 76.2 Å². The molecule has 0 unspecified atom stereocenters. The number of ether oxygens (including phenoxy) is 4. The van der Waals surface area contributed by atoms with Crippen LogP contribution in [0.5, 0.6) is 0 Å². The molecule has 0 aromatic carbocycles. The Morgan fingerprint density at radius 2 is 1.62 bits per heavy atom. The molecule has 0 radical (unpaired) electrons. The maximum Gasteiger partial charge on any atom is 0.174 e. The lowest BCUT2D eigenvalue weighted by molar-refractivity contribution is -0.331. The lowest BCUT2D eigenvalue weighted by atomic mass is 9.45. The lowest BCUT2D eigenvalue weighted by Gasteiger charge is -2.63. The first-order chi connectivity index (χ1) is 13.7. The highest BCUT2D eigenvalue weighted by molar-refractivity contribution is 5.29. The molecule has 6 aliphatic rings. The summed E-state index contributed by atoms with van der Waals surface area (Å²) in [6, 6.07) is 0. The summed E-state index contributed by atoms with van der Waals surface area (Å²) in [6.07, 6.45) is 7.88. The van der Waals surface area contributed by atoms with Gasteiger partial charge in [-0.15, -0.1) is 0 Å². The standard InChI is InChI=1S/C23H34O6/c1-19-7-8-21(26-9-10-27-21)13-15(19)3-4-16-17-5-6-23(28-11-12-29-23)20(17,2)14-22(24,25)18(16)19/h3,16-18,24-25H,4-14H2,1-2H3/t16-,17-,18-,19-,20-/m0/s1. The van der Waals surface area contributed by atoms with Gasteiger partial charge in [0.2, 0.25) is 0 Å². The smallest absolute Gasteiger partial charge is 0.174 e. The van der Waals surface area contributed by atoms with Crippen LogP contribution in [0.1, 0.15) is 58.8 Å². The highest BCUT2D eigenvalue weighted by atomic mass is 16.7. The first kappa shape index (κ1) is 19.2. The fourth-order valence-corrected chi connectivity index (χ4v) is 8.50. The van der Waals surface area contributed by atoms with E-state index in [2.05, 4.69) is 19.9 Å². The molecular formula is C23H34O6. The Bertz CT molecular complexity index is 734. The Hall–Kier alpha value is -0.500. The molecule has 2 saturated heterocycles. The summed E-state index contributed by atoms with van der Waals surface area (Å²) in [6.45, 7) is 6.93. The van der Waals surface area contributed by atoms with Gasteiger partial charge in [-0.2, -0.15) is 0 Å². The molecule has 4 aliphatic carbocycles. The molecule has 5 atom stereocenters. The number of fused-ring (bicyclic) bond motifs is 6. The number of rotatable bonds is 0. The highest BCUT2D eigenvalue weighted by Crippen LogP contribution is 2.70. The van der Waals surface area contributed by atoms with E-state index in [0.717, 1.165) is 38.5 Å². The van der Waals surface area contributed by atoms with Crippen LogP contribution < -0.4 is 0 Å². The molecule has 6 rings (SSSR count). The van der Waals surface area contributed by atoms with E-state index in [4.69, 9.17) is 18.9 Å². The number of hydrogen-bond acceptors (Lipinski definition) is 6. The van der Waals surface area contributed by atoms with Gasteiger partial charge >= 0.3 is 0 Å². The first-order valence-electron chi connectivity index (χ1n) is 11.4. The number of aliphatic hydroxyl groups is 2. The van der Waals surface area contributed by atoms with Crippen LogP contribution in [0.15, 0.2) is 11.6 Å². The minimum atomic E-state index is -1.74. The molecule has 0 aromatic rings. The van der Waals surface area contributed by atoms with Crippen LogP contribution in [-0.4, -0.2) is 54.0 Å². The highest BCUT2D eigenvalue weighted by Gasteiger charge is 2.72. The zero-order chi connectivity index (χ0) is 20.1. The van der Waals surface area contributed by atoms with Crippen molar-refractivity contribution in [2.24, 2.45) is 28.6 Å². The fourth-order valence-electron chi connectivity index (χ4n) is 8.50. The van der Waals surface area contributed by atoms with Crippen LogP contribution in [-0.2, 0) is 18.9 Å². The van der Waals surface area contributed by atoms with Crippen molar-refractivity contribution in [3.05, 3.63) is 11.6 Å². The molecule has 29 heavy (non-hydrogen) atoms. The largest absolute Gasteiger partial charge is 0.365 e. The van der Waals surface area contributed by atoms with Gasteiger partial charge in [-0.25, -0.2) is 0 Å². The van der Waals surface area contributed by atoms with Gasteiger partial charge in [0.05, 0.1) is 26.4 Å². The molecule has 6 heteroatoms. The number of allylic oxidation sites excluding steroid dienone is 1. The Morgan fingerprint density at radius 3 is 2.34 bits per heavy atom. The van der Waals surface area contributed by atoms with E-state index in [1.807, 2.05) is 0 Å². The van der Waals surface area contributed by atoms with Crippen LogP contribution in [0.2, 0.25) is 0 Å². The summed E-state index contributed by atoms with van der Waals surface area (Å²) >= 11 is 0. The molecule has 0 aromatic heterocycles. The molecule has 3 saturated carbocycles. The Morgan fingerprint density at radius 1 is 0.931 bits per heavy atom. The van der Waals surface area contributed by atoms with Crippen LogP contribution >= 0.6 is 0 Å². The van der Waals surface area contributed by atoms with Crippen molar-refractivity contribution in [3.63, 3.8) is 0 Å². The molecule has 0 amide bonds. The monoisotopic (exact) mass is 406 g/mol. The third-order valence-electron chi connectivity index (χ3n) is 9.65. The molecule has 6 nitrogen and oxygen atoms in total. The average molecular weight is 407 g/mol. The van der Waals surface area contributed by atoms with Crippen LogP contribution in [0.25, 0.3) is 0 Å². The third kappa shape index (κ3) is 2.34. The van der Waals surface area contributed by atoms with Crippen LogP contribution in [0.3, 0.4) is 0 Å². The van der Waals surface area contributed by atoms with E-state index < -0.39 is 17.4 Å². The second-order valence-electron chi connectivity index (χ2n) is 10.9. The lowest BCUT2D eigenvalue weighted by Crippen LogP contribution is -2.65. The van der Waals surface area contributed by atoms with Gasteiger partial charge in [0.15, 0.2) is 17.4 Å². The van der Waals surface area contributed by atoms with Gasteiger partial charge in [0.1, 0.15) is 0 Å². The Labute approximate surface area is 172 Å². The summed E-state index contributed by atoms with van der Waals surface area (Å²) in [5, 5.41) is 23.1. The van der Waals surface area contributed by atoms with E-state index >= 15 is 0 Å². The second-order valence-corrected chi connectivity index (χ2v) is 10.9. The van der Waals surface area contributed by atoms with E-state index in [-0.39, 0.29) is 22.7 Å². The van der Waals surface area contributed by atoms with Gasteiger partial charge in [0, 0.05) is 37.0 Å². The predicted octanol–water partition coefficient (Wildman–Crippen LogP) is 2.73. The summed E-state index contributed by atoms with van der Waals surface area (Å²) in [7, 11) is 0. The van der Waals surface area contributed by atoms with Crippen LogP contribution in [0, 0.1) is 28.6 Å². The van der Waals surface area contributed by atoms with Crippen molar-refractivity contribution in [2.75, 3.05) is 26.4 Å². The Balaban J connectivity index is 1.39. The van der Waals surface area contributed by atoms with Gasteiger partial charge < -0.3 is 29.2 Å². The zero-order valence-corrected chi connectivity index (χ0v) is 17.6. The predicted molar refractivity (Wildman–Crippen MR) is 104 cm³/mol. The molecule has 2 heterocycles. The first-order valence-corrected chi connectivity index (χ1v) is 11.4. The molecule has 0 bridgehead atoms. The van der Waals surface area contributed by atoms with Crippen molar-refractivity contribution in [3.8, 4) is 0 Å². The molecule has 2 spiro atoms. The average Bonchev–Trinajstić information content (AvgIpc) is 3.37. The third-order valence-corrected chi connectivity index (χ3v) is 9.65. The molecule has 2 aliphatic heterocycles. The summed E-state index contributed by atoms with van der Waals surface area (Å²) in [5.74, 6) is -2.45. The summed E-state index contributed by atoms with van der Waals surface area (Å²) in [5.41, 5.74) is 0.689. The zero-order valence-electron chi connectivity index (χ0n) is 17.6. The Kier molecular flexibility index (Phi) is 3.87. The van der Waals surface area contributed by atoms with Crippen molar-refractivity contribution < 1.29 is 29.2 Å². The quantitative estimate of drug-likeness (QED) is 0.476. The van der Waals surface area contributed by atoms with E-state index in [0.29, 0.717) is 38.8 Å². The molecular weight excluding hydrogens is 372 g/mol. The van der Waals surface area contributed by atoms with Crippen LogP contribution in [0.4, 0.5) is 0 Å². The van der Waals surface area contributed by atoms with Gasteiger partial charge in [-0.1, -0.05) is 25.5 Å². The normalized spacial score (nSPS) is 49.0. The second kappa shape index (κ2) is 5.84. The van der Waals surface area contributed by atoms with Crippen molar-refractivity contribution in [1.29, 1.82) is 0 Å². The summed E-state index contributed by atoms with van der Waals surface area (Å²) in [4.78, 5) is 0.